The topological polar surface area (TPSA) is 20.2 Å². The van der Waals surface area contributed by atoms with Gasteiger partial charge in [0.2, 0.25) is 0 Å². The first-order chi connectivity index (χ1) is 7.81. The van der Waals surface area contributed by atoms with Crippen LogP contribution in [0.4, 0.5) is 4.39 Å². The molecule has 1 nitrogen and oxygen atoms in total. The molecule has 0 atom stereocenters. The summed E-state index contributed by atoms with van der Waals surface area (Å²) in [6.07, 6.45) is 0.492. The summed E-state index contributed by atoms with van der Waals surface area (Å²) in [7, 11) is 0. The second-order valence-electron chi connectivity index (χ2n) is 3.65. The van der Waals surface area contributed by atoms with Crippen LogP contribution in [-0.4, -0.2) is 11.7 Å². The molecule has 0 aromatic heterocycles. The molecule has 0 aliphatic heterocycles. The Balaban J connectivity index is 2.37. The van der Waals surface area contributed by atoms with Gasteiger partial charge < -0.3 is 5.11 Å². The third-order valence-corrected chi connectivity index (χ3v) is 2.52. The molecule has 2 aromatic carbocycles. The minimum absolute atomic E-state index is 0.0458. The third kappa shape index (κ3) is 2.28. The van der Waals surface area contributed by atoms with Crippen molar-refractivity contribution in [2.45, 2.75) is 6.42 Å². The Morgan fingerprint density at radius 1 is 1.00 bits per heavy atom. The molecule has 0 bridgehead atoms. The molecule has 0 aliphatic rings. The lowest BCUT2D eigenvalue weighted by Gasteiger charge is -2.05. The highest BCUT2D eigenvalue weighted by atomic mass is 19.1. The zero-order chi connectivity index (χ0) is 11.4. The number of hydrogen-bond acceptors (Lipinski definition) is 1. The standard InChI is InChI=1S/C14H13FO/c15-14-10-11(8-9-16)6-7-13(14)12-4-2-1-3-5-12/h1-7,10,16H,8-9H2. The smallest absolute Gasteiger partial charge is 0.131 e. The molecule has 0 heterocycles. The minimum Gasteiger partial charge on any atom is -0.396 e. The fourth-order valence-corrected chi connectivity index (χ4v) is 1.70. The number of hydrogen-bond donors (Lipinski definition) is 1. The van der Waals surface area contributed by atoms with Gasteiger partial charge in [-0.05, 0) is 23.6 Å². The predicted octanol–water partition coefficient (Wildman–Crippen LogP) is 3.03. The van der Waals surface area contributed by atoms with Crippen LogP contribution in [-0.2, 0) is 6.42 Å². The average Bonchev–Trinajstić information content (AvgIpc) is 2.31. The van der Waals surface area contributed by atoms with Crippen LogP contribution in [0.5, 0.6) is 0 Å². The van der Waals surface area contributed by atoms with Crippen LogP contribution in [0, 0.1) is 5.82 Å². The molecule has 0 aliphatic carbocycles. The van der Waals surface area contributed by atoms with Crippen LogP contribution >= 0.6 is 0 Å². The van der Waals surface area contributed by atoms with Crippen molar-refractivity contribution in [3.8, 4) is 11.1 Å². The van der Waals surface area contributed by atoms with Crippen molar-refractivity contribution in [3.05, 3.63) is 59.9 Å². The highest BCUT2D eigenvalue weighted by Gasteiger charge is 2.05. The van der Waals surface area contributed by atoms with Gasteiger partial charge in [-0.15, -0.1) is 0 Å². The van der Waals surface area contributed by atoms with Gasteiger partial charge in [-0.2, -0.15) is 0 Å². The Labute approximate surface area is 94.2 Å². The quantitative estimate of drug-likeness (QED) is 0.836. The summed E-state index contributed by atoms with van der Waals surface area (Å²) in [6, 6.07) is 14.5. The van der Waals surface area contributed by atoms with Gasteiger partial charge in [0.15, 0.2) is 0 Å². The van der Waals surface area contributed by atoms with E-state index < -0.39 is 0 Å². The molecule has 82 valence electrons. The van der Waals surface area contributed by atoms with Crippen molar-refractivity contribution in [3.63, 3.8) is 0 Å². The summed E-state index contributed by atoms with van der Waals surface area (Å²) in [5.74, 6) is -0.239. The average molecular weight is 216 g/mol. The molecular formula is C14H13FO. The summed E-state index contributed by atoms with van der Waals surface area (Å²) in [5, 5.41) is 8.77. The highest BCUT2D eigenvalue weighted by molar-refractivity contribution is 5.64. The van der Waals surface area contributed by atoms with Crippen molar-refractivity contribution in [1.82, 2.24) is 0 Å². The number of aliphatic hydroxyl groups excluding tert-OH is 1. The molecular weight excluding hydrogens is 203 g/mol. The zero-order valence-corrected chi connectivity index (χ0v) is 8.86. The first-order valence-corrected chi connectivity index (χ1v) is 5.26. The van der Waals surface area contributed by atoms with Crippen LogP contribution in [0.3, 0.4) is 0 Å². The largest absolute Gasteiger partial charge is 0.396 e. The Bertz CT molecular complexity index is 465. The lowest BCUT2D eigenvalue weighted by molar-refractivity contribution is 0.299. The maximum absolute atomic E-state index is 13.8. The Morgan fingerprint density at radius 2 is 1.75 bits per heavy atom. The second-order valence-corrected chi connectivity index (χ2v) is 3.65. The molecule has 2 heteroatoms. The van der Waals surface area contributed by atoms with Crippen molar-refractivity contribution >= 4 is 0 Å². The van der Waals surface area contributed by atoms with E-state index >= 15 is 0 Å². The summed E-state index contributed by atoms with van der Waals surface area (Å²) >= 11 is 0. The molecule has 0 amide bonds. The van der Waals surface area contributed by atoms with E-state index in [0.29, 0.717) is 12.0 Å². The molecule has 2 rings (SSSR count). The van der Waals surface area contributed by atoms with Crippen LogP contribution in [0.2, 0.25) is 0 Å². The summed E-state index contributed by atoms with van der Waals surface area (Å²) in [6.45, 7) is 0.0458. The predicted molar refractivity (Wildman–Crippen MR) is 62.6 cm³/mol. The lowest BCUT2D eigenvalue weighted by Crippen LogP contribution is -1.93. The van der Waals surface area contributed by atoms with E-state index in [1.54, 1.807) is 6.07 Å². The van der Waals surface area contributed by atoms with Gasteiger partial charge in [-0.25, -0.2) is 4.39 Å². The van der Waals surface area contributed by atoms with E-state index in [9.17, 15) is 4.39 Å². The molecule has 0 fully saturated rings. The molecule has 0 radical (unpaired) electrons. The molecule has 2 aromatic rings. The Morgan fingerprint density at radius 3 is 2.38 bits per heavy atom. The van der Waals surface area contributed by atoms with Crippen molar-refractivity contribution in [2.24, 2.45) is 0 Å². The molecule has 1 N–H and O–H groups in total. The Hall–Kier alpha value is -1.67. The van der Waals surface area contributed by atoms with Crippen LogP contribution in [0.25, 0.3) is 11.1 Å². The third-order valence-electron chi connectivity index (χ3n) is 2.52. The van der Waals surface area contributed by atoms with Crippen molar-refractivity contribution in [1.29, 1.82) is 0 Å². The first kappa shape index (κ1) is 10.8. The fourth-order valence-electron chi connectivity index (χ4n) is 1.70. The van der Waals surface area contributed by atoms with Gasteiger partial charge in [0.1, 0.15) is 5.82 Å². The highest BCUT2D eigenvalue weighted by Crippen LogP contribution is 2.23. The number of halogens is 1. The van der Waals surface area contributed by atoms with Gasteiger partial charge in [-0.1, -0.05) is 42.5 Å². The molecule has 0 spiro atoms. The maximum atomic E-state index is 13.8. The van der Waals surface area contributed by atoms with Crippen molar-refractivity contribution in [2.75, 3.05) is 6.61 Å². The minimum atomic E-state index is -0.239. The Kier molecular flexibility index (Phi) is 3.32. The van der Waals surface area contributed by atoms with Gasteiger partial charge in [0, 0.05) is 12.2 Å². The van der Waals surface area contributed by atoms with Gasteiger partial charge in [-0.3, -0.25) is 0 Å². The van der Waals surface area contributed by atoms with Crippen LogP contribution < -0.4 is 0 Å². The number of benzene rings is 2. The number of rotatable bonds is 3. The van der Waals surface area contributed by atoms with Crippen LogP contribution in [0.15, 0.2) is 48.5 Å². The normalized spacial score (nSPS) is 10.4. The molecule has 0 saturated heterocycles. The monoisotopic (exact) mass is 216 g/mol. The lowest BCUT2D eigenvalue weighted by atomic mass is 10.0. The van der Waals surface area contributed by atoms with E-state index in [-0.39, 0.29) is 12.4 Å². The van der Waals surface area contributed by atoms with Gasteiger partial charge in [0.25, 0.3) is 0 Å². The molecule has 0 saturated carbocycles. The van der Waals surface area contributed by atoms with Crippen molar-refractivity contribution < 1.29 is 9.50 Å². The van der Waals surface area contributed by atoms with E-state index in [1.165, 1.54) is 6.07 Å². The van der Waals surface area contributed by atoms with E-state index in [1.807, 2.05) is 36.4 Å². The van der Waals surface area contributed by atoms with Crippen LogP contribution in [0.1, 0.15) is 5.56 Å². The SMILES string of the molecule is OCCc1ccc(-c2ccccc2)c(F)c1. The summed E-state index contributed by atoms with van der Waals surface area (Å²) in [4.78, 5) is 0. The maximum Gasteiger partial charge on any atom is 0.131 e. The zero-order valence-electron chi connectivity index (χ0n) is 8.86. The summed E-state index contributed by atoms with van der Waals surface area (Å²) in [5.41, 5.74) is 2.29. The molecule has 0 unspecified atom stereocenters. The summed E-state index contributed by atoms with van der Waals surface area (Å²) < 4.78 is 13.8. The number of aliphatic hydroxyl groups is 1. The second kappa shape index (κ2) is 4.90. The van der Waals surface area contributed by atoms with E-state index in [2.05, 4.69) is 0 Å². The molecule has 16 heavy (non-hydrogen) atoms. The van der Waals surface area contributed by atoms with E-state index in [4.69, 9.17) is 5.11 Å². The van der Waals surface area contributed by atoms with Gasteiger partial charge >= 0.3 is 0 Å². The fraction of sp³-hybridized carbons (Fsp3) is 0.143. The van der Waals surface area contributed by atoms with Gasteiger partial charge in [0.05, 0.1) is 0 Å². The van der Waals surface area contributed by atoms with E-state index in [0.717, 1.165) is 11.1 Å². The first-order valence-electron chi connectivity index (χ1n) is 5.26.